The van der Waals surface area contributed by atoms with Gasteiger partial charge in [0.2, 0.25) is 0 Å². The number of carboxylic acids is 1. The molecule has 0 aliphatic heterocycles. The Bertz CT molecular complexity index is 432. The number of halogens is 2. The summed E-state index contributed by atoms with van der Waals surface area (Å²) in [4.78, 5) is 10.6. The SMILES string of the molecule is CC1(Nc2c(F)cc(C(=O)O)cc2F)CC1. The second kappa shape index (κ2) is 3.43. The highest BCUT2D eigenvalue weighted by Crippen LogP contribution is 2.39. The summed E-state index contributed by atoms with van der Waals surface area (Å²) in [6.07, 6.45) is 1.71. The van der Waals surface area contributed by atoms with E-state index < -0.39 is 17.6 Å². The summed E-state index contributed by atoms with van der Waals surface area (Å²) in [6.45, 7) is 1.86. The van der Waals surface area contributed by atoms with Gasteiger partial charge in [-0.2, -0.15) is 0 Å². The Morgan fingerprint density at radius 3 is 2.25 bits per heavy atom. The van der Waals surface area contributed by atoms with E-state index in [0.717, 1.165) is 25.0 Å². The Hall–Kier alpha value is -1.65. The highest BCUT2D eigenvalue weighted by atomic mass is 19.1. The first-order chi connectivity index (χ1) is 7.41. The predicted molar refractivity (Wildman–Crippen MR) is 54.6 cm³/mol. The van der Waals surface area contributed by atoms with Gasteiger partial charge in [-0.3, -0.25) is 0 Å². The van der Waals surface area contributed by atoms with Crippen LogP contribution in [0, 0.1) is 11.6 Å². The van der Waals surface area contributed by atoms with Crippen LogP contribution in [-0.4, -0.2) is 16.6 Å². The Labute approximate surface area is 91.1 Å². The normalized spacial score (nSPS) is 16.9. The van der Waals surface area contributed by atoms with Crippen LogP contribution in [0.15, 0.2) is 12.1 Å². The van der Waals surface area contributed by atoms with Crippen LogP contribution in [-0.2, 0) is 0 Å². The maximum Gasteiger partial charge on any atom is 0.335 e. The van der Waals surface area contributed by atoms with Crippen molar-refractivity contribution in [1.82, 2.24) is 0 Å². The lowest BCUT2D eigenvalue weighted by atomic mass is 10.1. The van der Waals surface area contributed by atoms with Gasteiger partial charge in [-0.25, -0.2) is 13.6 Å². The number of carboxylic acid groups (broad SMARTS) is 1. The minimum Gasteiger partial charge on any atom is -0.478 e. The number of hydrogen-bond donors (Lipinski definition) is 2. The second-order valence-electron chi connectivity index (χ2n) is 4.31. The van der Waals surface area contributed by atoms with E-state index in [-0.39, 0.29) is 16.8 Å². The van der Waals surface area contributed by atoms with Gasteiger partial charge in [0.25, 0.3) is 0 Å². The molecule has 1 saturated carbocycles. The van der Waals surface area contributed by atoms with E-state index in [1.807, 2.05) is 6.92 Å². The van der Waals surface area contributed by atoms with Crippen LogP contribution in [0.2, 0.25) is 0 Å². The second-order valence-corrected chi connectivity index (χ2v) is 4.31. The molecule has 0 radical (unpaired) electrons. The van der Waals surface area contributed by atoms with Gasteiger partial charge in [-0.1, -0.05) is 0 Å². The number of carbonyl (C=O) groups is 1. The van der Waals surface area contributed by atoms with Crippen molar-refractivity contribution in [3.8, 4) is 0 Å². The number of aromatic carboxylic acids is 1. The fourth-order valence-corrected chi connectivity index (χ4v) is 1.43. The van der Waals surface area contributed by atoms with Gasteiger partial charge in [0.1, 0.15) is 17.3 Å². The fourth-order valence-electron chi connectivity index (χ4n) is 1.43. The van der Waals surface area contributed by atoms with E-state index in [9.17, 15) is 13.6 Å². The molecule has 0 saturated heterocycles. The van der Waals surface area contributed by atoms with Crippen LogP contribution in [0.3, 0.4) is 0 Å². The van der Waals surface area contributed by atoms with Crippen LogP contribution in [0.1, 0.15) is 30.1 Å². The van der Waals surface area contributed by atoms with Gasteiger partial charge in [0, 0.05) is 5.54 Å². The van der Waals surface area contributed by atoms with Crippen LogP contribution >= 0.6 is 0 Å². The summed E-state index contributed by atoms with van der Waals surface area (Å²) in [5.41, 5.74) is -0.890. The Kier molecular flexibility index (Phi) is 2.33. The molecule has 1 fully saturated rings. The molecule has 0 heterocycles. The highest BCUT2D eigenvalue weighted by Gasteiger charge is 2.38. The molecule has 1 aromatic carbocycles. The summed E-state index contributed by atoms with van der Waals surface area (Å²) in [6, 6.07) is 1.64. The third-order valence-electron chi connectivity index (χ3n) is 2.72. The lowest BCUT2D eigenvalue weighted by Crippen LogP contribution is -2.18. The van der Waals surface area contributed by atoms with E-state index in [4.69, 9.17) is 5.11 Å². The first-order valence-electron chi connectivity index (χ1n) is 4.92. The lowest BCUT2D eigenvalue weighted by Gasteiger charge is -2.15. The number of nitrogens with one attached hydrogen (secondary N) is 1. The molecule has 0 spiro atoms. The molecular formula is C11H11F2NO2. The van der Waals surface area contributed by atoms with Crippen molar-refractivity contribution in [1.29, 1.82) is 0 Å². The minimum atomic E-state index is -1.35. The monoisotopic (exact) mass is 227 g/mol. The highest BCUT2D eigenvalue weighted by molar-refractivity contribution is 5.88. The molecule has 1 aliphatic carbocycles. The third-order valence-corrected chi connectivity index (χ3v) is 2.72. The topological polar surface area (TPSA) is 49.3 Å². The van der Waals surface area contributed by atoms with Crippen molar-refractivity contribution < 1.29 is 18.7 Å². The zero-order valence-corrected chi connectivity index (χ0v) is 8.68. The first-order valence-corrected chi connectivity index (χ1v) is 4.92. The largest absolute Gasteiger partial charge is 0.478 e. The van der Waals surface area contributed by atoms with Crippen molar-refractivity contribution in [3.05, 3.63) is 29.3 Å². The summed E-state index contributed by atoms with van der Waals surface area (Å²) in [7, 11) is 0. The molecule has 5 heteroatoms. The van der Waals surface area contributed by atoms with Crippen LogP contribution < -0.4 is 5.32 Å². The summed E-state index contributed by atoms with van der Waals surface area (Å²) in [5.74, 6) is -3.09. The molecule has 0 aromatic heterocycles. The van der Waals surface area contributed by atoms with E-state index >= 15 is 0 Å². The van der Waals surface area contributed by atoms with Gasteiger partial charge in [-0.05, 0) is 31.9 Å². The Morgan fingerprint density at radius 2 is 1.88 bits per heavy atom. The van der Waals surface area contributed by atoms with Crippen LogP contribution in [0.25, 0.3) is 0 Å². The Balaban J connectivity index is 2.35. The lowest BCUT2D eigenvalue weighted by molar-refractivity contribution is 0.0696. The van der Waals surface area contributed by atoms with Crippen molar-refractivity contribution in [2.24, 2.45) is 0 Å². The molecule has 2 rings (SSSR count). The zero-order valence-electron chi connectivity index (χ0n) is 8.68. The minimum absolute atomic E-state index is 0.245. The maximum atomic E-state index is 13.5. The molecule has 0 amide bonds. The van der Waals surface area contributed by atoms with Crippen molar-refractivity contribution >= 4 is 11.7 Å². The number of hydrogen-bond acceptors (Lipinski definition) is 2. The molecule has 1 aromatic rings. The molecular weight excluding hydrogens is 216 g/mol. The zero-order chi connectivity index (χ0) is 11.9. The summed E-state index contributed by atoms with van der Waals surface area (Å²) < 4.78 is 26.9. The van der Waals surface area contributed by atoms with E-state index in [1.54, 1.807) is 0 Å². The van der Waals surface area contributed by atoms with Gasteiger partial charge < -0.3 is 10.4 Å². The molecule has 3 nitrogen and oxygen atoms in total. The number of benzene rings is 1. The average molecular weight is 227 g/mol. The van der Waals surface area contributed by atoms with Crippen LogP contribution in [0.5, 0.6) is 0 Å². The Morgan fingerprint density at radius 1 is 1.38 bits per heavy atom. The van der Waals surface area contributed by atoms with Gasteiger partial charge in [-0.15, -0.1) is 0 Å². The molecule has 0 unspecified atom stereocenters. The quantitative estimate of drug-likeness (QED) is 0.834. The predicted octanol–water partition coefficient (Wildman–Crippen LogP) is 2.63. The van der Waals surface area contributed by atoms with Gasteiger partial charge >= 0.3 is 5.97 Å². The average Bonchev–Trinajstić information content (AvgIpc) is 2.90. The van der Waals surface area contributed by atoms with Crippen LogP contribution in [0.4, 0.5) is 14.5 Å². The van der Waals surface area contributed by atoms with Crippen molar-refractivity contribution in [2.75, 3.05) is 5.32 Å². The molecule has 16 heavy (non-hydrogen) atoms. The van der Waals surface area contributed by atoms with Crippen molar-refractivity contribution in [2.45, 2.75) is 25.3 Å². The van der Waals surface area contributed by atoms with Gasteiger partial charge in [0.15, 0.2) is 0 Å². The van der Waals surface area contributed by atoms with E-state index in [0.29, 0.717) is 0 Å². The van der Waals surface area contributed by atoms with E-state index in [1.165, 1.54) is 0 Å². The number of anilines is 1. The first kappa shape index (κ1) is 10.9. The van der Waals surface area contributed by atoms with Gasteiger partial charge in [0.05, 0.1) is 5.56 Å². The molecule has 2 N–H and O–H groups in total. The fraction of sp³-hybridized carbons (Fsp3) is 0.364. The maximum absolute atomic E-state index is 13.5. The standard InChI is InChI=1S/C11H11F2NO2/c1-11(2-3-11)14-9-7(12)4-6(10(15)16)5-8(9)13/h4-5,14H,2-3H2,1H3,(H,15,16). The third kappa shape index (κ3) is 1.98. The van der Waals surface area contributed by atoms with E-state index in [2.05, 4.69) is 5.32 Å². The summed E-state index contributed by atoms with van der Waals surface area (Å²) in [5, 5.41) is 11.4. The molecule has 0 bridgehead atoms. The van der Waals surface area contributed by atoms with Crippen molar-refractivity contribution in [3.63, 3.8) is 0 Å². The summed E-state index contributed by atoms with van der Waals surface area (Å²) >= 11 is 0. The smallest absolute Gasteiger partial charge is 0.335 e. The molecule has 86 valence electrons. The molecule has 1 aliphatic rings. The number of rotatable bonds is 3. The molecule has 0 atom stereocenters.